The fourth-order valence-electron chi connectivity index (χ4n) is 3.94. The van der Waals surface area contributed by atoms with Gasteiger partial charge in [0.25, 0.3) is 0 Å². The zero-order chi connectivity index (χ0) is 15.1. The van der Waals surface area contributed by atoms with Crippen LogP contribution in [0, 0.1) is 5.41 Å². The molecule has 0 bridgehead atoms. The highest BCUT2D eigenvalue weighted by Gasteiger charge is 2.51. The SMILES string of the molecule is CS(=O)(=O)N1CC[C@]2(CCCN(C3CCOCC3)C2=O)C1. The summed E-state index contributed by atoms with van der Waals surface area (Å²) in [6.07, 6.45) is 5.49. The minimum Gasteiger partial charge on any atom is -0.381 e. The van der Waals surface area contributed by atoms with Gasteiger partial charge in [-0.05, 0) is 32.1 Å². The molecule has 3 rings (SSSR count). The van der Waals surface area contributed by atoms with Gasteiger partial charge in [0.2, 0.25) is 15.9 Å². The summed E-state index contributed by atoms with van der Waals surface area (Å²) in [6, 6.07) is 0.274. The van der Waals surface area contributed by atoms with E-state index in [1.54, 1.807) is 0 Å². The molecule has 1 amide bonds. The van der Waals surface area contributed by atoms with Crippen molar-refractivity contribution in [3.05, 3.63) is 0 Å². The molecule has 21 heavy (non-hydrogen) atoms. The number of hydrogen-bond donors (Lipinski definition) is 0. The van der Waals surface area contributed by atoms with Crippen molar-refractivity contribution in [1.82, 2.24) is 9.21 Å². The molecule has 3 saturated heterocycles. The molecular formula is C14H24N2O4S. The summed E-state index contributed by atoms with van der Waals surface area (Å²) < 4.78 is 30.3. The highest BCUT2D eigenvalue weighted by atomic mass is 32.2. The van der Waals surface area contributed by atoms with E-state index in [9.17, 15) is 13.2 Å². The Hall–Kier alpha value is -0.660. The number of ether oxygens (including phenoxy) is 1. The summed E-state index contributed by atoms with van der Waals surface area (Å²) in [6.45, 7) is 3.09. The second-order valence-electron chi connectivity index (χ2n) is 6.57. The lowest BCUT2D eigenvalue weighted by Crippen LogP contribution is -2.55. The van der Waals surface area contributed by atoms with E-state index in [-0.39, 0.29) is 11.9 Å². The predicted octanol–water partition coefficient (Wildman–Crippen LogP) is 0.440. The number of piperidine rings is 1. The van der Waals surface area contributed by atoms with Crippen molar-refractivity contribution in [2.75, 3.05) is 39.1 Å². The maximum atomic E-state index is 13.0. The van der Waals surface area contributed by atoms with Crippen LogP contribution < -0.4 is 0 Å². The minimum absolute atomic E-state index is 0.173. The number of carbonyl (C=O) groups is 1. The fraction of sp³-hybridized carbons (Fsp3) is 0.929. The Balaban J connectivity index is 1.76. The van der Waals surface area contributed by atoms with Crippen LogP contribution >= 0.6 is 0 Å². The molecule has 120 valence electrons. The summed E-state index contributed by atoms with van der Waals surface area (Å²) in [7, 11) is -3.20. The third kappa shape index (κ3) is 2.83. The Labute approximate surface area is 126 Å². The summed E-state index contributed by atoms with van der Waals surface area (Å²) in [5, 5.41) is 0. The summed E-state index contributed by atoms with van der Waals surface area (Å²) in [5.41, 5.74) is -0.473. The third-order valence-corrected chi connectivity index (χ3v) is 6.44. The monoisotopic (exact) mass is 316 g/mol. The van der Waals surface area contributed by atoms with Gasteiger partial charge in [-0.2, -0.15) is 0 Å². The Morgan fingerprint density at radius 1 is 1.19 bits per heavy atom. The summed E-state index contributed by atoms with van der Waals surface area (Å²) in [4.78, 5) is 15.0. The van der Waals surface area contributed by atoms with Crippen LogP contribution in [0.1, 0.15) is 32.1 Å². The molecular weight excluding hydrogens is 292 g/mol. The highest BCUT2D eigenvalue weighted by molar-refractivity contribution is 7.88. The molecule has 6 nitrogen and oxygen atoms in total. The Morgan fingerprint density at radius 3 is 2.52 bits per heavy atom. The molecule has 3 fully saturated rings. The van der Waals surface area contributed by atoms with Gasteiger partial charge < -0.3 is 9.64 Å². The molecule has 3 aliphatic rings. The number of amides is 1. The van der Waals surface area contributed by atoms with Gasteiger partial charge in [0, 0.05) is 38.9 Å². The number of nitrogens with zero attached hydrogens (tertiary/aromatic N) is 2. The van der Waals surface area contributed by atoms with Gasteiger partial charge in [-0.3, -0.25) is 4.79 Å². The molecule has 3 aliphatic heterocycles. The normalized spacial score (nSPS) is 33.0. The van der Waals surface area contributed by atoms with Crippen LogP contribution in [0.5, 0.6) is 0 Å². The van der Waals surface area contributed by atoms with E-state index >= 15 is 0 Å². The number of sulfonamides is 1. The number of rotatable bonds is 2. The van der Waals surface area contributed by atoms with E-state index < -0.39 is 15.4 Å². The first-order valence-electron chi connectivity index (χ1n) is 7.76. The van der Waals surface area contributed by atoms with Gasteiger partial charge in [-0.15, -0.1) is 0 Å². The van der Waals surface area contributed by atoms with Crippen LogP contribution in [0.2, 0.25) is 0 Å². The first-order chi connectivity index (χ1) is 9.92. The van der Waals surface area contributed by atoms with Crippen LogP contribution in [0.3, 0.4) is 0 Å². The summed E-state index contributed by atoms with van der Waals surface area (Å²) >= 11 is 0. The van der Waals surface area contributed by atoms with Gasteiger partial charge in [0.1, 0.15) is 0 Å². The first kappa shape index (κ1) is 15.2. The van der Waals surface area contributed by atoms with E-state index in [0.29, 0.717) is 19.5 Å². The summed E-state index contributed by atoms with van der Waals surface area (Å²) in [5.74, 6) is 0.173. The average molecular weight is 316 g/mol. The van der Waals surface area contributed by atoms with E-state index in [1.165, 1.54) is 10.6 Å². The molecule has 0 unspecified atom stereocenters. The number of carbonyl (C=O) groups excluding carboxylic acids is 1. The van der Waals surface area contributed by atoms with Crippen molar-refractivity contribution < 1.29 is 17.9 Å². The van der Waals surface area contributed by atoms with Crippen LogP contribution in [0.25, 0.3) is 0 Å². The largest absolute Gasteiger partial charge is 0.381 e. The lowest BCUT2D eigenvalue weighted by atomic mass is 9.77. The molecule has 3 heterocycles. The van der Waals surface area contributed by atoms with Crippen molar-refractivity contribution in [1.29, 1.82) is 0 Å². The second-order valence-corrected chi connectivity index (χ2v) is 8.55. The van der Waals surface area contributed by atoms with Crippen LogP contribution in [0.4, 0.5) is 0 Å². The van der Waals surface area contributed by atoms with Gasteiger partial charge in [-0.25, -0.2) is 12.7 Å². The van der Waals surface area contributed by atoms with E-state index in [4.69, 9.17) is 4.74 Å². The second kappa shape index (κ2) is 5.52. The van der Waals surface area contributed by atoms with E-state index in [1.807, 2.05) is 4.90 Å². The molecule has 0 aromatic heterocycles. The molecule has 0 radical (unpaired) electrons. The lowest BCUT2D eigenvalue weighted by molar-refractivity contribution is -0.150. The Bertz CT molecular complexity index is 515. The quantitative estimate of drug-likeness (QED) is 0.741. The van der Waals surface area contributed by atoms with Gasteiger partial charge in [0.05, 0.1) is 11.7 Å². The zero-order valence-corrected chi connectivity index (χ0v) is 13.4. The number of hydrogen-bond acceptors (Lipinski definition) is 4. The smallest absolute Gasteiger partial charge is 0.230 e. The molecule has 0 aliphatic carbocycles. The van der Waals surface area contributed by atoms with Crippen LogP contribution in [-0.4, -0.2) is 68.7 Å². The minimum atomic E-state index is -3.20. The maximum Gasteiger partial charge on any atom is 0.230 e. The van der Waals surface area contributed by atoms with Gasteiger partial charge >= 0.3 is 0 Å². The van der Waals surface area contributed by atoms with Crippen molar-refractivity contribution in [3.63, 3.8) is 0 Å². The Morgan fingerprint density at radius 2 is 1.90 bits per heavy atom. The predicted molar refractivity (Wildman–Crippen MR) is 78.3 cm³/mol. The average Bonchev–Trinajstić information content (AvgIpc) is 2.88. The highest BCUT2D eigenvalue weighted by Crippen LogP contribution is 2.42. The number of likely N-dealkylation sites (tertiary alicyclic amines) is 1. The van der Waals surface area contributed by atoms with Gasteiger partial charge in [0.15, 0.2) is 0 Å². The zero-order valence-electron chi connectivity index (χ0n) is 12.6. The standard InChI is InChI=1S/C14H24N2O4S/c1-21(18,19)15-8-6-14(11-15)5-2-7-16(13(14)17)12-3-9-20-10-4-12/h12H,2-11H2,1H3/t14-/m1/s1. The van der Waals surface area contributed by atoms with E-state index in [2.05, 4.69) is 0 Å². The van der Waals surface area contributed by atoms with Crippen molar-refractivity contribution in [2.24, 2.45) is 5.41 Å². The molecule has 1 spiro atoms. The van der Waals surface area contributed by atoms with Crippen LogP contribution in [0.15, 0.2) is 0 Å². The molecule has 1 atom stereocenters. The van der Waals surface area contributed by atoms with Crippen molar-refractivity contribution in [2.45, 2.75) is 38.1 Å². The van der Waals surface area contributed by atoms with E-state index in [0.717, 1.165) is 45.4 Å². The molecule has 0 saturated carbocycles. The van der Waals surface area contributed by atoms with Crippen LogP contribution in [-0.2, 0) is 19.6 Å². The molecule has 0 aromatic rings. The molecule has 0 aromatic carbocycles. The Kier molecular flexibility index (Phi) is 4.00. The van der Waals surface area contributed by atoms with Gasteiger partial charge in [-0.1, -0.05) is 0 Å². The maximum absolute atomic E-state index is 13.0. The first-order valence-corrected chi connectivity index (χ1v) is 9.61. The molecule has 0 N–H and O–H groups in total. The van der Waals surface area contributed by atoms with Crippen molar-refractivity contribution in [3.8, 4) is 0 Å². The van der Waals surface area contributed by atoms with Crippen molar-refractivity contribution >= 4 is 15.9 Å². The topological polar surface area (TPSA) is 66.9 Å². The molecule has 7 heteroatoms. The fourth-order valence-corrected chi connectivity index (χ4v) is 4.85. The third-order valence-electron chi connectivity index (χ3n) is 5.19. The lowest BCUT2D eigenvalue weighted by Gasteiger charge is -2.44.